The number of rotatable bonds is 6. The van der Waals surface area contributed by atoms with E-state index in [1.807, 2.05) is 20.8 Å². The molecule has 2 N–H and O–H groups in total. The minimum atomic E-state index is -0.207. The van der Waals surface area contributed by atoms with Crippen LogP contribution in [-0.2, 0) is 22.4 Å². The summed E-state index contributed by atoms with van der Waals surface area (Å²) in [6.07, 6.45) is 5.85. The van der Waals surface area contributed by atoms with Crippen LogP contribution in [0.5, 0.6) is 0 Å². The van der Waals surface area contributed by atoms with Gasteiger partial charge in [0.2, 0.25) is 11.8 Å². The third kappa shape index (κ3) is 7.62. The molecule has 1 aromatic rings. The molecule has 31 heavy (non-hydrogen) atoms. The molecule has 1 fully saturated rings. The summed E-state index contributed by atoms with van der Waals surface area (Å²) in [5, 5.41) is 6.21. The predicted octanol–water partition coefficient (Wildman–Crippen LogP) is 2.67. The highest BCUT2D eigenvalue weighted by Gasteiger charge is 2.21. The van der Waals surface area contributed by atoms with E-state index in [9.17, 15) is 9.59 Å². The van der Waals surface area contributed by atoms with Crippen LogP contribution >= 0.6 is 0 Å². The van der Waals surface area contributed by atoms with Gasteiger partial charge >= 0.3 is 0 Å². The summed E-state index contributed by atoms with van der Waals surface area (Å²) in [6, 6.07) is 6.71. The molecule has 0 bridgehead atoms. The zero-order valence-electron chi connectivity index (χ0n) is 19.8. The number of nitrogens with one attached hydrogen (secondary N) is 2. The number of amides is 2. The van der Waals surface area contributed by atoms with Crippen LogP contribution < -0.4 is 10.6 Å². The number of hydrogen-bond acceptors (Lipinski definition) is 4. The fraction of sp³-hybridized carbons (Fsp3) is 0.680. The SMILES string of the molecule is C[C@H](NC(=O)CN1CCCN(CC(=O)NC(C)(C)C)CC1)c1ccc2c(c1)CCCC2. The quantitative estimate of drug-likeness (QED) is 0.731. The van der Waals surface area contributed by atoms with E-state index in [1.54, 1.807) is 0 Å². The Morgan fingerprint density at radius 1 is 0.903 bits per heavy atom. The van der Waals surface area contributed by atoms with Crippen LogP contribution in [0, 0.1) is 0 Å². The summed E-state index contributed by atoms with van der Waals surface area (Å²) in [5.74, 6) is 0.140. The summed E-state index contributed by atoms with van der Waals surface area (Å²) in [7, 11) is 0. The van der Waals surface area contributed by atoms with Crippen molar-refractivity contribution >= 4 is 11.8 Å². The van der Waals surface area contributed by atoms with Gasteiger partial charge in [-0.25, -0.2) is 0 Å². The van der Waals surface area contributed by atoms with Crippen LogP contribution in [0.1, 0.15) is 69.7 Å². The smallest absolute Gasteiger partial charge is 0.234 e. The van der Waals surface area contributed by atoms with Gasteiger partial charge in [0.1, 0.15) is 0 Å². The molecule has 0 saturated carbocycles. The van der Waals surface area contributed by atoms with Crippen molar-refractivity contribution in [3.8, 4) is 0 Å². The number of carbonyl (C=O) groups excluding carboxylic acids is 2. The van der Waals surface area contributed by atoms with Crippen molar-refractivity contribution in [3.05, 3.63) is 34.9 Å². The fourth-order valence-electron chi connectivity index (χ4n) is 4.60. The maximum atomic E-state index is 12.7. The summed E-state index contributed by atoms with van der Waals surface area (Å²) in [5.41, 5.74) is 3.91. The highest BCUT2D eigenvalue weighted by atomic mass is 16.2. The summed E-state index contributed by atoms with van der Waals surface area (Å²) >= 11 is 0. The normalized spacial score (nSPS) is 19.2. The number of aryl methyl sites for hydroxylation is 2. The zero-order chi connectivity index (χ0) is 22.4. The maximum absolute atomic E-state index is 12.7. The first kappa shape index (κ1) is 23.7. The Morgan fingerprint density at radius 2 is 1.52 bits per heavy atom. The Balaban J connectivity index is 1.44. The largest absolute Gasteiger partial charge is 0.350 e. The van der Waals surface area contributed by atoms with Crippen molar-refractivity contribution < 1.29 is 9.59 Å². The van der Waals surface area contributed by atoms with Gasteiger partial charge in [0.15, 0.2) is 0 Å². The lowest BCUT2D eigenvalue weighted by molar-refractivity contribution is -0.124. The van der Waals surface area contributed by atoms with Crippen LogP contribution in [0.3, 0.4) is 0 Å². The van der Waals surface area contributed by atoms with Crippen molar-refractivity contribution in [3.63, 3.8) is 0 Å². The van der Waals surface area contributed by atoms with Crippen molar-refractivity contribution in [1.29, 1.82) is 0 Å². The predicted molar refractivity (Wildman–Crippen MR) is 125 cm³/mol. The first-order chi connectivity index (χ1) is 14.7. The van der Waals surface area contributed by atoms with E-state index in [4.69, 9.17) is 0 Å². The molecule has 1 aliphatic carbocycles. The van der Waals surface area contributed by atoms with Crippen molar-refractivity contribution in [2.24, 2.45) is 0 Å². The lowest BCUT2D eigenvalue weighted by atomic mass is 9.89. The maximum Gasteiger partial charge on any atom is 0.234 e. The molecule has 6 heteroatoms. The summed E-state index contributed by atoms with van der Waals surface area (Å²) in [4.78, 5) is 29.3. The highest BCUT2D eigenvalue weighted by Crippen LogP contribution is 2.24. The lowest BCUT2D eigenvalue weighted by Gasteiger charge is -2.25. The molecule has 0 unspecified atom stereocenters. The fourth-order valence-corrected chi connectivity index (χ4v) is 4.60. The number of fused-ring (bicyclic) bond motifs is 1. The van der Waals surface area contributed by atoms with Gasteiger partial charge in [-0.1, -0.05) is 18.2 Å². The number of hydrogen-bond donors (Lipinski definition) is 2. The van der Waals surface area contributed by atoms with Crippen LogP contribution in [0.25, 0.3) is 0 Å². The monoisotopic (exact) mass is 428 g/mol. The van der Waals surface area contributed by atoms with Crippen molar-refractivity contribution in [2.45, 2.75) is 71.4 Å². The minimum Gasteiger partial charge on any atom is -0.350 e. The molecule has 0 spiro atoms. The van der Waals surface area contributed by atoms with E-state index in [1.165, 1.54) is 36.0 Å². The average Bonchev–Trinajstić information content (AvgIpc) is 2.91. The number of nitrogens with zero attached hydrogens (tertiary/aromatic N) is 2. The average molecular weight is 429 g/mol. The molecule has 3 rings (SSSR count). The Hall–Kier alpha value is -1.92. The van der Waals surface area contributed by atoms with Gasteiger partial charge in [0.05, 0.1) is 19.1 Å². The Kier molecular flexibility index (Phi) is 8.11. The van der Waals surface area contributed by atoms with E-state index in [2.05, 4.69) is 45.6 Å². The van der Waals surface area contributed by atoms with Gasteiger partial charge < -0.3 is 10.6 Å². The molecular weight excluding hydrogens is 388 g/mol. The summed E-state index contributed by atoms with van der Waals surface area (Å²) in [6.45, 7) is 12.3. The zero-order valence-corrected chi connectivity index (χ0v) is 19.8. The van der Waals surface area contributed by atoms with Gasteiger partial charge in [-0.2, -0.15) is 0 Å². The third-order valence-corrected chi connectivity index (χ3v) is 6.18. The summed E-state index contributed by atoms with van der Waals surface area (Å²) < 4.78 is 0. The molecular formula is C25H40N4O2. The van der Waals surface area contributed by atoms with Gasteiger partial charge in [0.25, 0.3) is 0 Å². The molecule has 1 heterocycles. The second-order valence-corrected chi connectivity index (χ2v) is 10.2. The molecule has 172 valence electrons. The minimum absolute atomic E-state index is 0.0179. The second kappa shape index (κ2) is 10.6. The van der Waals surface area contributed by atoms with E-state index < -0.39 is 0 Å². The second-order valence-electron chi connectivity index (χ2n) is 10.2. The molecule has 1 aromatic carbocycles. The molecule has 1 atom stereocenters. The molecule has 1 aliphatic heterocycles. The van der Waals surface area contributed by atoms with Crippen LogP contribution in [0.4, 0.5) is 0 Å². The Labute approximate surface area is 187 Å². The van der Waals surface area contributed by atoms with Gasteiger partial charge in [-0.05, 0) is 89.6 Å². The van der Waals surface area contributed by atoms with Gasteiger partial charge in [-0.15, -0.1) is 0 Å². The highest BCUT2D eigenvalue weighted by molar-refractivity contribution is 5.79. The molecule has 2 aliphatic rings. The molecule has 1 saturated heterocycles. The lowest BCUT2D eigenvalue weighted by Crippen LogP contribution is -2.46. The van der Waals surface area contributed by atoms with E-state index in [-0.39, 0.29) is 23.4 Å². The van der Waals surface area contributed by atoms with Gasteiger partial charge in [0, 0.05) is 18.6 Å². The first-order valence-electron chi connectivity index (χ1n) is 11.9. The first-order valence-corrected chi connectivity index (χ1v) is 11.9. The van der Waals surface area contributed by atoms with Crippen molar-refractivity contribution in [1.82, 2.24) is 20.4 Å². The van der Waals surface area contributed by atoms with Gasteiger partial charge in [-0.3, -0.25) is 19.4 Å². The Bertz CT molecular complexity index is 771. The van der Waals surface area contributed by atoms with Crippen LogP contribution in [-0.4, -0.2) is 66.4 Å². The topological polar surface area (TPSA) is 64.7 Å². The molecule has 0 aromatic heterocycles. The van der Waals surface area contributed by atoms with Crippen LogP contribution in [0.15, 0.2) is 18.2 Å². The van der Waals surface area contributed by atoms with Crippen molar-refractivity contribution in [2.75, 3.05) is 39.3 Å². The van der Waals surface area contributed by atoms with E-state index in [0.717, 1.165) is 39.0 Å². The molecule has 0 radical (unpaired) electrons. The third-order valence-electron chi connectivity index (χ3n) is 6.18. The molecule has 2 amide bonds. The standard InChI is InChI=1S/C25H40N4O2/c1-19(21-11-10-20-8-5-6-9-22(20)16-21)26-23(30)17-28-12-7-13-29(15-14-28)18-24(31)27-25(2,3)4/h10-11,16,19H,5-9,12-15,17-18H2,1-4H3,(H,26,30)(H,27,31)/t19-/m0/s1. The molecule has 6 nitrogen and oxygen atoms in total. The van der Waals surface area contributed by atoms with E-state index in [0.29, 0.717) is 13.1 Å². The van der Waals surface area contributed by atoms with E-state index >= 15 is 0 Å². The van der Waals surface area contributed by atoms with Crippen LogP contribution in [0.2, 0.25) is 0 Å². The number of carbonyl (C=O) groups is 2. The Morgan fingerprint density at radius 3 is 2.16 bits per heavy atom. The number of benzene rings is 1.